The maximum atomic E-state index is 13.1. The van der Waals surface area contributed by atoms with Gasteiger partial charge < -0.3 is 20.1 Å². The number of sulfone groups is 1. The van der Waals surface area contributed by atoms with Gasteiger partial charge >= 0.3 is 12.2 Å². The highest BCUT2D eigenvalue weighted by Crippen LogP contribution is 2.29. The van der Waals surface area contributed by atoms with Gasteiger partial charge in [-0.1, -0.05) is 31.5 Å². The smallest absolute Gasteiger partial charge is 0.436 e. The van der Waals surface area contributed by atoms with Gasteiger partial charge in [0.15, 0.2) is 0 Å². The van der Waals surface area contributed by atoms with E-state index in [1.807, 2.05) is 6.92 Å². The number of nitrogens with zero attached hydrogens (tertiary/aromatic N) is 1. The van der Waals surface area contributed by atoms with Crippen LogP contribution < -0.4 is 16.0 Å². The van der Waals surface area contributed by atoms with Crippen molar-refractivity contribution >= 4 is 45.3 Å². The molecule has 0 heterocycles. The van der Waals surface area contributed by atoms with Crippen molar-refractivity contribution in [2.45, 2.75) is 36.0 Å². The Morgan fingerprint density at radius 3 is 2.24 bits per heavy atom. The Kier molecular flexibility index (Phi) is 9.56. The second-order valence-corrected chi connectivity index (χ2v) is 8.80. The van der Waals surface area contributed by atoms with Crippen LogP contribution in [-0.2, 0) is 24.1 Å². The molecule has 2 rings (SSSR count). The Bertz CT molecular complexity index is 1170. The Balaban J connectivity index is 2.53. The number of amides is 3. The van der Waals surface area contributed by atoms with E-state index in [0.29, 0.717) is 6.42 Å². The van der Waals surface area contributed by atoms with Crippen molar-refractivity contribution in [3.8, 4) is 0 Å². The summed E-state index contributed by atoms with van der Waals surface area (Å²) in [6, 6.07) is 11.8. The zero-order valence-electron chi connectivity index (χ0n) is 19.0. The third-order valence-electron chi connectivity index (χ3n) is 4.42. The van der Waals surface area contributed by atoms with Gasteiger partial charge in [0.05, 0.1) is 35.4 Å². The van der Waals surface area contributed by atoms with E-state index >= 15 is 0 Å². The van der Waals surface area contributed by atoms with Crippen molar-refractivity contribution in [3.05, 3.63) is 48.5 Å². The minimum atomic E-state index is -3.91. The lowest BCUT2D eigenvalue weighted by Crippen LogP contribution is -2.36. The number of hydrogen-bond donors (Lipinski definition) is 3. The fourth-order valence-electron chi connectivity index (χ4n) is 2.69. The number of benzene rings is 2. The van der Waals surface area contributed by atoms with E-state index in [9.17, 15) is 22.8 Å². The Morgan fingerprint density at radius 1 is 0.912 bits per heavy atom. The molecule has 11 nitrogen and oxygen atoms in total. The first-order chi connectivity index (χ1) is 16.2. The topological polar surface area (TPSA) is 152 Å². The number of aliphatic imine (C=N–C) groups is 1. The van der Waals surface area contributed by atoms with Crippen LogP contribution in [0.3, 0.4) is 0 Å². The number of anilines is 2. The Labute approximate surface area is 197 Å². The molecule has 0 fully saturated rings. The van der Waals surface area contributed by atoms with E-state index in [1.165, 1.54) is 30.3 Å². The maximum Gasteiger partial charge on any atom is 0.436 e. The molecule has 2 aromatic carbocycles. The number of nitrogens with one attached hydrogen (secondary N) is 3. The number of guanidine groups is 1. The normalized spacial score (nSPS) is 11.3. The average molecular weight is 491 g/mol. The van der Waals surface area contributed by atoms with Crippen molar-refractivity contribution in [3.63, 3.8) is 0 Å². The van der Waals surface area contributed by atoms with Crippen LogP contribution in [0, 0.1) is 0 Å². The fourth-order valence-corrected chi connectivity index (χ4v) is 4.00. The number of rotatable bonds is 7. The van der Waals surface area contributed by atoms with E-state index in [1.54, 1.807) is 18.2 Å². The number of alkyl carbamates (subject to hydrolysis) is 1. The van der Waals surface area contributed by atoms with Crippen LogP contribution >= 0.6 is 0 Å². The summed E-state index contributed by atoms with van der Waals surface area (Å²) in [4.78, 5) is 39.2. The number of carbonyl (C=O) groups excluding carboxylic acids is 3. The van der Waals surface area contributed by atoms with Crippen LogP contribution in [0.15, 0.2) is 63.3 Å². The zero-order valence-corrected chi connectivity index (χ0v) is 19.8. The highest BCUT2D eigenvalue weighted by atomic mass is 32.2. The summed E-state index contributed by atoms with van der Waals surface area (Å²) in [6.45, 7) is 1.94. The van der Waals surface area contributed by atoms with Gasteiger partial charge in [0.1, 0.15) is 0 Å². The van der Waals surface area contributed by atoms with Gasteiger partial charge in [-0.25, -0.2) is 18.0 Å². The molecule has 3 amide bonds. The van der Waals surface area contributed by atoms with Crippen LogP contribution in [0.2, 0.25) is 0 Å². The van der Waals surface area contributed by atoms with Crippen molar-refractivity contribution in [2.75, 3.05) is 24.9 Å². The number of ether oxygens (including phenoxy) is 2. The predicted molar refractivity (Wildman–Crippen MR) is 125 cm³/mol. The van der Waals surface area contributed by atoms with Crippen LogP contribution in [-0.4, -0.2) is 46.7 Å². The van der Waals surface area contributed by atoms with Gasteiger partial charge in [-0.15, -0.1) is 4.99 Å². The van der Waals surface area contributed by atoms with E-state index < -0.39 is 28.0 Å². The standard InChI is InChI=1S/C22H26N4O7S/c1-4-5-11-19(27)23-17-13-12-16(34(30,31)15-9-7-6-8-10-15)14-18(17)24-20(25-21(28)32-2)26-22(29)33-3/h6-10,12-14H,4-5,11H2,1-3H3,(H,23,27)(H2,24,25,26,28,29). The largest absolute Gasteiger partial charge is 0.453 e. The van der Waals surface area contributed by atoms with Gasteiger partial charge in [0.2, 0.25) is 21.7 Å². The molecule has 34 heavy (non-hydrogen) atoms. The molecule has 0 radical (unpaired) electrons. The second kappa shape index (κ2) is 12.3. The summed E-state index contributed by atoms with van der Waals surface area (Å²) in [5.74, 6) is -0.701. The summed E-state index contributed by atoms with van der Waals surface area (Å²) < 4.78 is 35.2. The first-order valence-corrected chi connectivity index (χ1v) is 11.7. The molecule has 0 aliphatic heterocycles. The molecule has 0 unspecified atom stereocenters. The van der Waals surface area contributed by atoms with E-state index in [2.05, 4.69) is 30.4 Å². The first-order valence-electron chi connectivity index (χ1n) is 10.2. The lowest BCUT2D eigenvalue weighted by atomic mass is 10.2. The van der Waals surface area contributed by atoms with E-state index in [-0.39, 0.29) is 33.5 Å². The minimum absolute atomic E-state index is 0.0564. The minimum Gasteiger partial charge on any atom is -0.453 e. The Morgan fingerprint density at radius 2 is 1.62 bits per heavy atom. The summed E-state index contributed by atoms with van der Waals surface area (Å²) in [5, 5.41) is 7.55. The van der Waals surface area contributed by atoms with E-state index in [4.69, 9.17) is 0 Å². The second-order valence-electron chi connectivity index (χ2n) is 6.85. The number of hydrogen-bond acceptors (Lipinski definition) is 7. The van der Waals surface area contributed by atoms with Crippen LogP contribution in [0.4, 0.5) is 21.0 Å². The third kappa shape index (κ3) is 7.30. The fraction of sp³-hybridized carbons (Fsp3) is 0.273. The van der Waals surface area contributed by atoms with Crippen LogP contribution in [0.25, 0.3) is 0 Å². The molecular formula is C22H26N4O7S. The summed E-state index contributed by atoms with van der Waals surface area (Å²) in [6.07, 6.45) is -0.263. The van der Waals surface area contributed by atoms with Crippen LogP contribution in [0.5, 0.6) is 0 Å². The lowest BCUT2D eigenvalue weighted by Gasteiger charge is -2.16. The summed E-state index contributed by atoms with van der Waals surface area (Å²) >= 11 is 0. The first kappa shape index (κ1) is 26.3. The van der Waals surface area contributed by atoms with Crippen molar-refractivity contribution in [2.24, 2.45) is 4.99 Å². The van der Waals surface area contributed by atoms with Crippen molar-refractivity contribution in [1.29, 1.82) is 0 Å². The molecule has 3 N–H and O–H groups in total. The third-order valence-corrected chi connectivity index (χ3v) is 6.19. The molecule has 0 saturated heterocycles. The molecule has 0 spiro atoms. The van der Waals surface area contributed by atoms with E-state index in [0.717, 1.165) is 20.6 Å². The molecule has 0 atom stereocenters. The van der Waals surface area contributed by atoms with Gasteiger partial charge in [-0.2, -0.15) is 0 Å². The van der Waals surface area contributed by atoms with Crippen LogP contribution in [0.1, 0.15) is 26.2 Å². The van der Waals surface area contributed by atoms with Crippen molar-refractivity contribution in [1.82, 2.24) is 5.32 Å². The summed E-state index contributed by atoms with van der Waals surface area (Å²) in [5.41, 5.74) is 0.262. The molecule has 0 aromatic heterocycles. The lowest BCUT2D eigenvalue weighted by molar-refractivity contribution is -0.116. The molecule has 0 aliphatic rings. The van der Waals surface area contributed by atoms with Gasteiger partial charge in [0.25, 0.3) is 0 Å². The predicted octanol–water partition coefficient (Wildman–Crippen LogP) is 3.54. The highest BCUT2D eigenvalue weighted by molar-refractivity contribution is 7.91. The molecule has 0 aliphatic carbocycles. The quantitative estimate of drug-likeness (QED) is 0.394. The summed E-state index contributed by atoms with van der Waals surface area (Å²) in [7, 11) is -1.71. The molecular weight excluding hydrogens is 464 g/mol. The maximum absolute atomic E-state index is 13.1. The number of carbonyl (C=O) groups is 3. The zero-order chi connectivity index (χ0) is 25.1. The highest BCUT2D eigenvalue weighted by Gasteiger charge is 2.21. The monoisotopic (exact) mass is 490 g/mol. The average Bonchev–Trinajstić information content (AvgIpc) is 2.83. The van der Waals surface area contributed by atoms with Gasteiger partial charge in [-0.05, 0) is 36.8 Å². The molecule has 182 valence electrons. The number of methoxy groups -OCH3 is 2. The van der Waals surface area contributed by atoms with Gasteiger partial charge in [0, 0.05) is 6.42 Å². The number of unbranched alkanes of at least 4 members (excludes halogenated alkanes) is 1. The molecule has 12 heteroatoms. The van der Waals surface area contributed by atoms with Gasteiger partial charge in [-0.3, -0.25) is 10.1 Å². The molecule has 2 aromatic rings. The Hall–Kier alpha value is -3.93. The SMILES string of the molecule is CCCCC(=O)Nc1ccc(S(=O)(=O)c2ccccc2)cc1NC(=NC(=O)OC)NC(=O)OC. The molecule has 0 bridgehead atoms. The van der Waals surface area contributed by atoms with Crippen molar-refractivity contribution < 1.29 is 32.3 Å². The molecule has 0 saturated carbocycles.